The fraction of sp³-hybridized carbons (Fsp3) is 0.412. The second-order valence-electron chi connectivity index (χ2n) is 6.07. The summed E-state index contributed by atoms with van der Waals surface area (Å²) in [6.45, 7) is 4.83. The molecule has 0 saturated carbocycles. The van der Waals surface area contributed by atoms with Crippen molar-refractivity contribution in [1.29, 1.82) is 0 Å². The first kappa shape index (κ1) is 15.9. The van der Waals surface area contributed by atoms with Crippen molar-refractivity contribution in [1.82, 2.24) is 10.1 Å². The van der Waals surface area contributed by atoms with Crippen LogP contribution >= 0.6 is 11.6 Å². The Hall–Kier alpha value is -2.01. The highest BCUT2D eigenvalue weighted by atomic mass is 35.5. The number of benzene rings is 1. The van der Waals surface area contributed by atoms with Gasteiger partial charge in [0.05, 0.1) is 22.4 Å². The van der Waals surface area contributed by atoms with Gasteiger partial charge >= 0.3 is 6.03 Å². The highest BCUT2D eigenvalue weighted by Gasteiger charge is 2.33. The molecule has 23 heavy (non-hydrogen) atoms. The number of amides is 2. The molecule has 0 radical (unpaired) electrons. The topological polar surface area (TPSA) is 58.4 Å². The molecule has 1 aromatic carbocycles. The maximum atomic E-state index is 12.6. The second kappa shape index (κ2) is 6.62. The van der Waals surface area contributed by atoms with Gasteiger partial charge < -0.3 is 14.7 Å². The van der Waals surface area contributed by atoms with Crippen LogP contribution in [0.4, 0.5) is 10.5 Å². The third-order valence-corrected chi connectivity index (χ3v) is 4.43. The van der Waals surface area contributed by atoms with Crippen molar-refractivity contribution in [3.63, 3.8) is 0 Å². The van der Waals surface area contributed by atoms with Crippen LogP contribution in [0.5, 0.6) is 0 Å². The number of carbonyl (C=O) groups is 1. The van der Waals surface area contributed by atoms with E-state index in [0.29, 0.717) is 23.2 Å². The Morgan fingerprint density at radius 3 is 2.91 bits per heavy atom. The van der Waals surface area contributed by atoms with E-state index in [1.54, 1.807) is 17.0 Å². The molecule has 1 fully saturated rings. The van der Waals surface area contributed by atoms with Gasteiger partial charge in [0.15, 0.2) is 5.76 Å². The molecule has 5 nitrogen and oxygen atoms in total. The van der Waals surface area contributed by atoms with Crippen LogP contribution in [0, 0.1) is 0 Å². The predicted octanol–water partition coefficient (Wildman–Crippen LogP) is 4.82. The summed E-state index contributed by atoms with van der Waals surface area (Å²) in [5.74, 6) is 1.06. The smallest absolute Gasteiger partial charge is 0.322 e. The summed E-state index contributed by atoms with van der Waals surface area (Å²) in [4.78, 5) is 14.4. The van der Waals surface area contributed by atoms with Gasteiger partial charge in [-0.2, -0.15) is 0 Å². The molecule has 1 saturated heterocycles. The third kappa shape index (κ3) is 3.34. The minimum Gasteiger partial charge on any atom is -0.359 e. The Kier molecular flexibility index (Phi) is 4.57. The van der Waals surface area contributed by atoms with Crippen LogP contribution in [0.1, 0.15) is 50.1 Å². The number of para-hydroxylation sites is 1. The monoisotopic (exact) mass is 333 g/mol. The average molecular weight is 334 g/mol. The van der Waals surface area contributed by atoms with Crippen LogP contribution in [0.2, 0.25) is 5.02 Å². The van der Waals surface area contributed by atoms with Gasteiger partial charge in [0.25, 0.3) is 0 Å². The van der Waals surface area contributed by atoms with E-state index in [-0.39, 0.29) is 12.1 Å². The molecule has 2 heterocycles. The number of anilines is 1. The maximum absolute atomic E-state index is 12.6. The fourth-order valence-electron chi connectivity index (χ4n) is 2.79. The first-order chi connectivity index (χ1) is 11.1. The minimum absolute atomic E-state index is 0.0718. The molecular formula is C17H20ClN3O2. The molecule has 0 bridgehead atoms. The maximum Gasteiger partial charge on any atom is 0.322 e. The average Bonchev–Trinajstić information content (AvgIpc) is 3.17. The quantitative estimate of drug-likeness (QED) is 0.876. The molecule has 1 aliphatic rings. The number of nitrogens with zero attached hydrogens (tertiary/aromatic N) is 2. The van der Waals surface area contributed by atoms with Gasteiger partial charge in [-0.3, -0.25) is 0 Å². The summed E-state index contributed by atoms with van der Waals surface area (Å²) in [5.41, 5.74) is 1.53. The first-order valence-electron chi connectivity index (χ1n) is 7.85. The molecular weight excluding hydrogens is 314 g/mol. The van der Waals surface area contributed by atoms with Gasteiger partial charge in [0.2, 0.25) is 0 Å². The Labute approximate surface area is 140 Å². The Morgan fingerprint density at radius 2 is 2.22 bits per heavy atom. The van der Waals surface area contributed by atoms with E-state index in [1.807, 2.05) is 18.2 Å². The number of hydrogen-bond donors (Lipinski definition) is 1. The van der Waals surface area contributed by atoms with Gasteiger partial charge in [0.1, 0.15) is 0 Å². The van der Waals surface area contributed by atoms with Crippen molar-refractivity contribution in [2.45, 2.75) is 38.6 Å². The van der Waals surface area contributed by atoms with E-state index in [1.165, 1.54) is 0 Å². The zero-order valence-corrected chi connectivity index (χ0v) is 14.0. The van der Waals surface area contributed by atoms with E-state index in [4.69, 9.17) is 16.1 Å². The lowest BCUT2D eigenvalue weighted by Gasteiger charge is -2.23. The molecule has 2 amide bonds. The highest BCUT2D eigenvalue weighted by molar-refractivity contribution is 6.33. The molecule has 6 heteroatoms. The molecule has 1 aliphatic heterocycles. The number of likely N-dealkylation sites (tertiary alicyclic amines) is 1. The molecule has 0 aliphatic carbocycles. The van der Waals surface area contributed by atoms with Crippen LogP contribution < -0.4 is 5.32 Å². The zero-order chi connectivity index (χ0) is 16.4. The Balaban J connectivity index is 1.75. The largest absolute Gasteiger partial charge is 0.359 e. The number of rotatable bonds is 3. The van der Waals surface area contributed by atoms with E-state index in [9.17, 15) is 4.79 Å². The highest BCUT2D eigenvalue weighted by Crippen LogP contribution is 2.34. The lowest BCUT2D eigenvalue weighted by Crippen LogP contribution is -2.34. The summed E-state index contributed by atoms with van der Waals surface area (Å²) >= 11 is 6.10. The van der Waals surface area contributed by atoms with E-state index in [2.05, 4.69) is 24.3 Å². The Bertz CT molecular complexity index is 699. The number of carbonyl (C=O) groups excluding carboxylic acids is 1. The van der Waals surface area contributed by atoms with Crippen LogP contribution in [0.3, 0.4) is 0 Å². The number of nitrogens with one attached hydrogen (secondary N) is 1. The summed E-state index contributed by atoms with van der Waals surface area (Å²) in [6.07, 6.45) is 1.82. The van der Waals surface area contributed by atoms with Crippen LogP contribution in [-0.4, -0.2) is 22.6 Å². The molecule has 1 N–H and O–H groups in total. The summed E-state index contributed by atoms with van der Waals surface area (Å²) in [6, 6.07) is 8.94. The molecule has 122 valence electrons. The van der Waals surface area contributed by atoms with E-state index < -0.39 is 0 Å². The van der Waals surface area contributed by atoms with E-state index >= 15 is 0 Å². The number of urea groups is 1. The van der Waals surface area contributed by atoms with Crippen LogP contribution in [0.25, 0.3) is 0 Å². The number of aromatic nitrogens is 1. The minimum atomic E-state index is -0.164. The zero-order valence-electron chi connectivity index (χ0n) is 13.3. The Morgan fingerprint density at radius 1 is 1.43 bits per heavy atom. The van der Waals surface area contributed by atoms with Gasteiger partial charge in [-0.1, -0.05) is 42.7 Å². The molecule has 3 rings (SSSR count). The van der Waals surface area contributed by atoms with Gasteiger partial charge in [-0.25, -0.2) is 4.79 Å². The van der Waals surface area contributed by atoms with Crippen molar-refractivity contribution in [3.8, 4) is 0 Å². The normalized spacial score (nSPS) is 17.7. The summed E-state index contributed by atoms with van der Waals surface area (Å²) in [7, 11) is 0. The molecule has 1 aromatic heterocycles. The summed E-state index contributed by atoms with van der Waals surface area (Å²) in [5, 5.41) is 7.50. The lowest BCUT2D eigenvalue weighted by molar-refractivity contribution is 0.195. The number of halogens is 1. The van der Waals surface area contributed by atoms with Crippen molar-refractivity contribution in [2.75, 3.05) is 11.9 Å². The van der Waals surface area contributed by atoms with Crippen molar-refractivity contribution >= 4 is 23.3 Å². The van der Waals surface area contributed by atoms with Gasteiger partial charge in [-0.05, 0) is 30.9 Å². The molecule has 1 atom stereocenters. The fourth-order valence-corrected chi connectivity index (χ4v) is 2.97. The van der Waals surface area contributed by atoms with Gasteiger partial charge in [-0.15, -0.1) is 0 Å². The third-order valence-electron chi connectivity index (χ3n) is 4.10. The number of hydrogen-bond acceptors (Lipinski definition) is 3. The predicted molar refractivity (Wildman–Crippen MR) is 89.7 cm³/mol. The SMILES string of the molecule is CC(C)c1cc(C2CCCN2C(=O)Nc2ccccc2Cl)on1. The molecule has 1 unspecified atom stereocenters. The van der Waals surface area contributed by atoms with Gasteiger partial charge in [0, 0.05) is 12.6 Å². The van der Waals surface area contributed by atoms with Crippen molar-refractivity contribution in [3.05, 3.63) is 46.8 Å². The molecule has 2 aromatic rings. The lowest BCUT2D eigenvalue weighted by atomic mass is 10.1. The van der Waals surface area contributed by atoms with Crippen molar-refractivity contribution in [2.24, 2.45) is 0 Å². The second-order valence-corrected chi connectivity index (χ2v) is 6.48. The standard InChI is InChI=1S/C17H20ClN3O2/c1-11(2)14-10-16(23-20-14)15-8-5-9-21(15)17(22)19-13-7-4-3-6-12(13)18/h3-4,6-7,10-11,15H,5,8-9H2,1-2H3,(H,19,22). The summed E-state index contributed by atoms with van der Waals surface area (Å²) < 4.78 is 5.47. The van der Waals surface area contributed by atoms with Crippen LogP contribution in [0.15, 0.2) is 34.9 Å². The van der Waals surface area contributed by atoms with Crippen molar-refractivity contribution < 1.29 is 9.32 Å². The van der Waals surface area contributed by atoms with Crippen LogP contribution in [-0.2, 0) is 0 Å². The first-order valence-corrected chi connectivity index (χ1v) is 8.22. The van der Waals surface area contributed by atoms with E-state index in [0.717, 1.165) is 24.3 Å². The molecule has 0 spiro atoms.